The Morgan fingerprint density at radius 2 is 1.58 bits per heavy atom. The molecule has 2 heterocycles. The summed E-state index contributed by atoms with van der Waals surface area (Å²) in [5, 5.41) is 4.98. The van der Waals surface area contributed by atoms with Crippen LogP contribution in [0.25, 0.3) is 0 Å². The number of fused-ring (bicyclic) bond motifs is 1. The lowest BCUT2D eigenvalue weighted by atomic mass is 9.88. The first-order valence-corrected chi connectivity index (χ1v) is 11.9. The van der Waals surface area contributed by atoms with Crippen molar-refractivity contribution in [2.45, 2.75) is 18.8 Å². The standard InChI is InChI=1S/C28H24N2O2S/c31-27(19-24(20-8-3-1-4-9-20)21-10-5-2-6-11-21)29-23-14-13-22-15-16-30(25(22)18-23)28(32)26-12-7-17-33-26/h1-14,17-18,24H,15-16,19H2,(H,29,31). The van der Waals surface area contributed by atoms with Gasteiger partial charge in [0.2, 0.25) is 5.91 Å². The Hall–Kier alpha value is -3.70. The van der Waals surface area contributed by atoms with Crippen LogP contribution >= 0.6 is 11.3 Å². The molecular weight excluding hydrogens is 428 g/mol. The number of hydrogen-bond donors (Lipinski definition) is 1. The van der Waals surface area contributed by atoms with Gasteiger partial charge in [0, 0.05) is 30.3 Å². The zero-order chi connectivity index (χ0) is 22.6. The number of hydrogen-bond acceptors (Lipinski definition) is 3. The Balaban J connectivity index is 1.35. The quantitative estimate of drug-likeness (QED) is 0.384. The molecule has 1 aliphatic rings. The number of rotatable bonds is 6. The number of carbonyl (C=O) groups is 2. The lowest BCUT2D eigenvalue weighted by Gasteiger charge is -2.19. The van der Waals surface area contributed by atoms with E-state index in [0.29, 0.717) is 18.7 Å². The average Bonchev–Trinajstić information content (AvgIpc) is 3.54. The third-order valence-electron chi connectivity index (χ3n) is 6.04. The maximum atomic E-state index is 13.1. The minimum atomic E-state index is -0.0539. The van der Waals surface area contributed by atoms with Crippen molar-refractivity contribution in [2.75, 3.05) is 16.8 Å². The van der Waals surface area contributed by atoms with Gasteiger partial charge in [-0.05, 0) is 46.7 Å². The zero-order valence-corrected chi connectivity index (χ0v) is 18.9. The molecule has 0 spiro atoms. The number of anilines is 2. The highest BCUT2D eigenvalue weighted by Crippen LogP contribution is 2.33. The number of amides is 2. The first-order valence-electron chi connectivity index (χ1n) is 11.1. The smallest absolute Gasteiger partial charge is 0.268 e. The summed E-state index contributed by atoms with van der Waals surface area (Å²) in [5.74, 6) is -0.0686. The van der Waals surface area contributed by atoms with Crippen molar-refractivity contribution in [2.24, 2.45) is 0 Å². The number of nitrogens with one attached hydrogen (secondary N) is 1. The van der Waals surface area contributed by atoms with Gasteiger partial charge in [-0.3, -0.25) is 9.59 Å². The van der Waals surface area contributed by atoms with E-state index in [0.717, 1.165) is 33.7 Å². The van der Waals surface area contributed by atoms with Gasteiger partial charge in [0.1, 0.15) is 0 Å². The van der Waals surface area contributed by atoms with Crippen LogP contribution in [-0.2, 0) is 11.2 Å². The van der Waals surface area contributed by atoms with E-state index in [-0.39, 0.29) is 17.7 Å². The number of benzene rings is 3. The molecule has 0 aliphatic carbocycles. The maximum Gasteiger partial charge on any atom is 0.268 e. The Bertz CT molecular complexity index is 1210. The van der Waals surface area contributed by atoms with Crippen molar-refractivity contribution in [3.05, 3.63) is 118 Å². The molecule has 0 unspecified atom stereocenters. The first kappa shape index (κ1) is 21.2. The largest absolute Gasteiger partial charge is 0.326 e. The molecule has 2 amide bonds. The second-order valence-corrected chi connectivity index (χ2v) is 9.10. The average molecular weight is 453 g/mol. The van der Waals surface area contributed by atoms with Gasteiger partial charge in [-0.1, -0.05) is 72.8 Å². The minimum absolute atomic E-state index is 0.0143. The predicted molar refractivity (Wildman–Crippen MR) is 134 cm³/mol. The van der Waals surface area contributed by atoms with Gasteiger partial charge in [0.15, 0.2) is 0 Å². The zero-order valence-electron chi connectivity index (χ0n) is 18.1. The van der Waals surface area contributed by atoms with Crippen LogP contribution in [0.2, 0.25) is 0 Å². The Morgan fingerprint density at radius 1 is 0.879 bits per heavy atom. The van der Waals surface area contributed by atoms with Crippen molar-refractivity contribution >= 4 is 34.5 Å². The fraction of sp³-hybridized carbons (Fsp3) is 0.143. The van der Waals surface area contributed by atoms with Gasteiger partial charge in [-0.25, -0.2) is 0 Å². The molecule has 164 valence electrons. The molecule has 33 heavy (non-hydrogen) atoms. The molecule has 3 aromatic carbocycles. The van der Waals surface area contributed by atoms with E-state index in [4.69, 9.17) is 0 Å². The molecular formula is C28H24N2O2S. The number of nitrogens with zero attached hydrogens (tertiary/aromatic N) is 1. The second-order valence-electron chi connectivity index (χ2n) is 8.15. The van der Waals surface area contributed by atoms with Crippen LogP contribution in [0.3, 0.4) is 0 Å². The molecule has 1 aromatic heterocycles. The molecule has 1 N–H and O–H groups in total. The summed E-state index contributed by atoms with van der Waals surface area (Å²) in [7, 11) is 0. The molecule has 5 heteroatoms. The van der Waals surface area contributed by atoms with E-state index >= 15 is 0 Å². The normalized spacial score (nSPS) is 12.6. The van der Waals surface area contributed by atoms with Gasteiger partial charge in [-0.2, -0.15) is 0 Å². The van der Waals surface area contributed by atoms with Crippen molar-refractivity contribution in [1.82, 2.24) is 0 Å². The molecule has 0 saturated heterocycles. The van der Waals surface area contributed by atoms with E-state index < -0.39 is 0 Å². The summed E-state index contributed by atoms with van der Waals surface area (Å²) in [6.07, 6.45) is 1.16. The maximum absolute atomic E-state index is 13.1. The highest BCUT2D eigenvalue weighted by atomic mass is 32.1. The van der Waals surface area contributed by atoms with Gasteiger partial charge in [0.05, 0.1) is 4.88 Å². The summed E-state index contributed by atoms with van der Waals surface area (Å²) in [6.45, 7) is 0.660. The summed E-state index contributed by atoms with van der Waals surface area (Å²) < 4.78 is 0. The van der Waals surface area contributed by atoms with Gasteiger partial charge < -0.3 is 10.2 Å². The van der Waals surface area contributed by atoms with Crippen LogP contribution in [0.15, 0.2) is 96.4 Å². The van der Waals surface area contributed by atoms with E-state index in [2.05, 4.69) is 29.6 Å². The van der Waals surface area contributed by atoms with Gasteiger partial charge >= 0.3 is 0 Å². The van der Waals surface area contributed by atoms with E-state index in [1.807, 2.05) is 77.0 Å². The topological polar surface area (TPSA) is 49.4 Å². The van der Waals surface area contributed by atoms with Crippen LogP contribution < -0.4 is 10.2 Å². The van der Waals surface area contributed by atoms with Crippen LogP contribution in [0.4, 0.5) is 11.4 Å². The third kappa shape index (κ3) is 4.59. The Morgan fingerprint density at radius 3 is 2.21 bits per heavy atom. The molecule has 5 rings (SSSR count). The molecule has 0 bridgehead atoms. The molecule has 1 aliphatic heterocycles. The van der Waals surface area contributed by atoms with E-state index in [1.165, 1.54) is 11.3 Å². The summed E-state index contributed by atoms with van der Waals surface area (Å²) in [5.41, 5.74) is 4.95. The Kier molecular flexibility index (Phi) is 6.05. The molecule has 0 atom stereocenters. The fourth-order valence-corrected chi connectivity index (χ4v) is 5.07. The monoisotopic (exact) mass is 452 g/mol. The molecule has 0 radical (unpaired) electrons. The molecule has 0 fully saturated rings. The molecule has 4 aromatic rings. The molecule has 4 nitrogen and oxygen atoms in total. The van der Waals surface area contributed by atoms with Gasteiger partial charge in [-0.15, -0.1) is 11.3 Å². The van der Waals surface area contributed by atoms with E-state index in [9.17, 15) is 9.59 Å². The summed E-state index contributed by atoms with van der Waals surface area (Å²) in [6, 6.07) is 29.8. The number of carbonyl (C=O) groups excluding carboxylic acids is 2. The highest BCUT2D eigenvalue weighted by Gasteiger charge is 2.27. The minimum Gasteiger partial charge on any atom is -0.326 e. The van der Waals surface area contributed by atoms with Crippen molar-refractivity contribution in [1.29, 1.82) is 0 Å². The van der Waals surface area contributed by atoms with Crippen LogP contribution in [0.1, 0.15) is 38.7 Å². The van der Waals surface area contributed by atoms with Crippen molar-refractivity contribution < 1.29 is 9.59 Å². The fourth-order valence-electron chi connectivity index (χ4n) is 4.40. The van der Waals surface area contributed by atoms with Crippen molar-refractivity contribution in [3.8, 4) is 0 Å². The van der Waals surface area contributed by atoms with Crippen LogP contribution in [0.5, 0.6) is 0 Å². The lowest BCUT2D eigenvalue weighted by molar-refractivity contribution is -0.116. The lowest BCUT2D eigenvalue weighted by Crippen LogP contribution is -2.28. The highest BCUT2D eigenvalue weighted by molar-refractivity contribution is 7.12. The first-order chi connectivity index (χ1) is 16.2. The van der Waals surface area contributed by atoms with Crippen LogP contribution in [-0.4, -0.2) is 18.4 Å². The predicted octanol–water partition coefficient (Wildman–Crippen LogP) is 6.11. The number of thiophene rings is 1. The second kappa shape index (κ2) is 9.43. The van der Waals surface area contributed by atoms with Gasteiger partial charge in [0.25, 0.3) is 5.91 Å². The van der Waals surface area contributed by atoms with Crippen LogP contribution in [0, 0.1) is 0 Å². The summed E-state index contributed by atoms with van der Waals surface area (Å²) >= 11 is 1.45. The molecule has 0 saturated carbocycles. The summed E-state index contributed by atoms with van der Waals surface area (Å²) in [4.78, 5) is 28.5. The van der Waals surface area contributed by atoms with Crippen molar-refractivity contribution in [3.63, 3.8) is 0 Å². The van der Waals surface area contributed by atoms with E-state index in [1.54, 1.807) is 0 Å². The Labute approximate surface area is 197 Å². The SMILES string of the molecule is O=C(CC(c1ccccc1)c1ccccc1)Nc1ccc2c(c1)N(C(=O)c1cccs1)CC2. The third-order valence-corrected chi connectivity index (χ3v) is 6.89.